The fourth-order valence-corrected chi connectivity index (χ4v) is 2.20. The van der Waals surface area contributed by atoms with E-state index in [9.17, 15) is 4.79 Å². The van der Waals surface area contributed by atoms with Crippen molar-refractivity contribution in [2.45, 2.75) is 26.3 Å². The zero-order valence-electron chi connectivity index (χ0n) is 12.2. The lowest BCUT2D eigenvalue weighted by atomic mass is 10.1. The summed E-state index contributed by atoms with van der Waals surface area (Å²) in [5.74, 6) is -0.0584. The Labute approximate surface area is 133 Å². The molecule has 0 bridgehead atoms. The molecule has 0 radical (unpaired) electrons. The zero-order chi connectivity index (χ0) is 15.2. The van der Waals surface area contributed by atoms with Crippen molar-refractivity contribution < 1.29 is 4.79 Å². The molecular weight excluding hydrogens is 328 g/mol. The highest BCUT2D eigenvalue weighted by Crippen LogP contribution is 2.15. The minimum atomic E-state index is -0.305. The summed E-state index contributed by atoms with van der Waals surface area (Å²) in [4.78, 5) is 12.1. The van der Waals surface area contributed by atoms with Gasteiger partial charge in [0, 0.05) is 15.8 Å². The molecule has 0 aliphatic carbocycles. The van der Waals surface area contributed by atoms with E-state index >= 15 is 0 Å². The number of hydrogen-bond acceptors (Lipinski definition) is 2. The summed E-state index contributed by atoms with van der Waals surface area (Å²) in [6, 6.07) is 15.4. The number of benzene rings is 2. The SMILES string of the molecule is CCc1ccc(N[C@@H](C)C(=O)Nc2ccc(Br)cc2)cc1. The molecule has 110 valence electrons. The molecule has 0 saturated carbocycles. The molecule has 0 aliphatic rings. The molecule has 2 N–H and O–H groups in total. The highest BCUT2D eigenvalue weighted by atomic mass is 79.9. The second-order valence-corrected chi connectivity index (χ2v) is 5.83. The molecule has 21 heavy (non-hydrogen) atoms. The summed E-state index contributed by atoms with van der Waals surface area (Å²) < 4.78 is 0.989. The van der Waals surface area contributed by atoms with Gasteiger partial charge < -0.3 is 10.6 Å². The Morgan fingerprint density at radius 2 is 1.62 bits per heavy atom. The van der Waals surface area contributed by atoms with Crippen LogP contribution < -0.4 is 10.6 Å². The van der Waals surface area contributed by atoms with Gasteiger partial charge in [0.05, 0.1) is 0 Å². The Morgan fingerprint density at radius 1 is 1.05 bits per heavy atom. The zero-order valence-corrected chi connectivity index (χ0v) is 13.8. The van der Waals surface area contributed by atoms with Gasteiger partial charge in [-0.3, -0.25) is 4.79 Å². The van der Waals surface area contributed by atoms with Gasteiger partial charge in [0.2, 0.25) is 5.91 Å². The molecule has 2 rings (SSSR count). The van der Waals surface area contributed by atoms with Crippen LogP contribution in [0.2, 0.25) is 0 Å². The van der Waals surface area contributed by atoms with E-state index in [1.807, 2.05) is 43.3 Å². The molecule has 2 aromatic rings. The van der Waals surface area contributed by atoms with E-state index in [2.05, 4.69) is 45.6 Å². The number of hydrogen-bond donors (Lipinski definition) is 2. The number of anilines is 2. The van der Waals surface area contributed by atoms with Crippen LogP contribution in [-0.2, 0) is 11.2 Å². The number of aryl methyl sites for hydroxylation is 1. The van der Waals surface area contributed by atoms with Gasteiger partial charge in [-0.1, -0.05) is 35.0 Å². The van der Waals surface area contributed by atoms with Crippen LogP contribution in [0.1, 0.15) is 19.4 Å². The van der Waals surface area contributed by atoms with Gasteiger partial charge in [-0.15, -0.1) is 0 Å². The number of carbonyl (C=O) groups excluding carboxylic acids is 1. The lowest BCUT2D eigenvalue weighted by Crippen LogP contribution is -2.31. The Hall–Kier alpha value is -1.81. The Morgan fingerprint density at radius 3 is 2.19 bits per heavy atom. The molecule has 0 unspecified atom stereocenters. The van der Waals surface area contributed by atoms with Crippen molar-refractivity contribution in [3.63, 3.8) is 0 Å². The van der Waals surface area contributed by atoms with Crippen molar-refractivity contribution in [3.05, 3.63) is 58.6 Å². The van der Waals surface area contributed by atoms with Gasteiger partial charge in [0.15, 0.2) is 0 Å². The van der Waals surface area contributed by atoms with Crippen LogP contribution in [0.15, 0.2) is 53.0 Å². The fourth-order valence-electron chi connectivity index (χ4n) is 1.94. The Balaban J connectivity index is 1.93. The number of nitrogens with one attached hydrogen (secondary N) is 2. The van der Waals surface area contributed by atoms with Crippen molar-refractivity contribution in [1.29, 1.82) is 0 Å². The van der Waals surface area contributed by atoms with Crippen molar-refractivity contribution in [2.24, 2.45) is 0 Å². The summed E-state index contributed by atoms with van der Waals surface area (Å²) in [7, 11) is 0. The highest BCUT2D eigenvalue weighted by molar-refractivity contribution is 9.10. The molecular formula is C17H19BrN2O. The van der Waals surface area contributed by atoms with Gasteiger partial charge in [-0.25, -0.2) is 0 Å². The van der Waals surface area contributed by atoms with Crippen LogP contribution in [0.25, 0.3) is 0 Å². The topological polar surface area (TPSA) is 41.1 Å². The summed E-state index contributed by atoms with van der Waals surface area (Å²) in [5.41, 5.74) is 3.02. The maximum Gasteiger partial charge on any atom is 0.246 e. The van der Waals surface area contributed by atoms with E-state index in [1.165, 1.54) is 5.56 Å². The predicted octanol–water partition coefficient (Wildman–Crippen LogP) is 4.45. The maximum atomic E-state index is 12.1. The van der Waals surface area contributed by atoms with E-state index in [-0.39, 0.29) is 11.9 Å². The van der Waals surface area contributed by atoms with Crippen LogP contribution in [0.4, 0.5) is 11.4 Å². The van der Waals surface area contributed by atoms with Crippen molar-refractivity contribution in [3.8, 4) is 0 Å². The Bertz CT molecular complexity index is 593. The number of halogens is 1. The summed E-state index contributed by atoms with van der Waals surface area (Å²) in [5, 5.41) is 6.09. The first kappa shape index (κ1) is 15.6. The molecule has 0 aliphatic heterocycles. The van der Waals surface area contributed by atoms with Gasteiger partial charge in [0.1, 0.15) is 6.04 Å². The van der Waals surface area contributed by atoms with E-state index in [1.54, 1.807) is 0 Å². The molecule has 0 aromatic heterocycles. The van der Waals surface area contributed by atoms with E-state index in [0.29, 0.717) is 0 Å². The van der Waals surface area contributed by atoms with Crippen LogP contribution in [0.5, 0.6) is 0 Å². The van der Waals surface area contributed by atoms with Gasteiger partial charge in [-0.2, -0.15) is 0 Å². The lowest BCUT2D eigenvalue weighted by molar-refractivity contribution is -0.116. The smallest absolute Gasteiger partial charge is 0.246 e. The predicted molar refractivity (Wildman–Crippen MR) is 91.7 cm³/mol. The molecule has 0 fully saturated rings. The van der Waals surface area contributed by atoms with Crippen molar-refractivity contribution in [2.75, 3.05) is 10.6 Å². The molecule has 4 heteroatoms. The van der Waals surface area contributed by atoms with Crippen LogP contribution in [0, 0.1) is 0 Å². The molecule has 1 amide bonds. The average Bonchev–Trinajstić information content (AvgIpc) is 2.50. The normalized spacial score (nSPS) is 11.8. The monoisotopic (exact) mass is 346 g/mol. The van der Waals surface area contributed by atoms with E-state index in [0.717, 1.165) is 22.3 Å². The van der Waals surface area contributed by atoms with Crippen molar-refractivity contribution >= 4 is 33.2 Å². The third kappa shape index (κ3) is 4.60. The van der Waals surface area contributed by atoms with Crippen LogP contribution in [0.3, 0.4) is 0 Å². The van der Waals surface area contributed by atoms with Crippen molar-refractivity contribution in [1.82, 2.24) is 0 Å². The average molecular weight is 347 g/mol. The number of amides is 1. The first-order chi connectivity index (χ1) is 10.1. The van der Waals surface area contributed by atoms with Gasteiger partial charge >= 0.3 is 0 Å². The molecule has 2 aromatic carbocycles. The van der Waals surface area contributed by atoms with Crippen LogP contribution >= 0.6 is 15.9 Å². The summed E-state index contributed by atoms with van der Waals surface area (Å²) >= 11 is 3.37. The molecule has 0 spiro atoms. The third-order valence-electron chi connectivity index (χ3n) is 3.25. The first-order valence-corrected chi connectivity index (χ1v) is 7.79. The molecule has 0 saturated heterocycles. The van der Waals surface area contributed by atoms with Gasteiger partial charge in [-0.05, 0) is 55.3 Å². The Kier molecular flexibility index (Phi) is 5.39. The van der Waals surface area contributed by atoms with E-state index in [4.69, 9.17) is 0 Å². The van der Waals surface area contributed by atoms with E-state index < -0.39 is 0 Å². The number of rotatable bonds is 5. The standard InChI is InChI=1S/C17H19BrN2O/c1-3-13-4-8-15(9-5-13)19-12(2)17(21)20-16-10-6-14(18)7-11-16/h4-12,19H,3H2,1-2H3,(H,20,21)/t12-/m0/s1. The highest BCUT2D eigenvalue weighted by Gasteiger charge is 2.12. The lowest BCUT2D eigenvalue weighted by Gasteiger charge is -2.15. The third-order valence-corrected chi connectivity index (χ3v) is 3.78. The maximum absolute atomic E-state index is 12.1. The largest absolute Gasteiger partial charge is 0.374 e. The second-order valence-electron chi connectivity index (χ2n) is 4.91. The second kappa shape index (κ2) is 7.27. The molecule has 3 nitrogen and oxygen atoms in total. The fraction of sp³-hybridized carbons (Fsp3) is 0.235. The summed E-state index contributed by atoms with van der Waals surface area (Å²) in [6.07, 6.45) is 1.01. The number of carbonyl (C=O) groups is 1. The van der Waals surface area contributed by atoms with Crippen LogP contribution in [-0.4, -0.2) is 11.9 Å². The molecule has 0 heterocycles. The summed E-state index contributed by atoms with van der Waals surface area (Å²) in [6.45, 7) is 3.97. The van der Waals surface area contributed by atoms with Gasteiger partial charge in [0.25, 0.3) is 0 Å². The quantitative estimate of drug-likeness (QED) is 0.839. The molecule has 1 atom stereocenters. The minimum absolute atomic E-state index is 0.0584. The minimum Gasteiger partial charge on any atom is -0.374 e. The first-order valence-electron chi connectivity index (χ1n) is 7.00.